The number of unbranched alkanes of at least 4 members (excludes halogenated alkanes) is 27. The van der Waals surface area contributed by atoms with Gasteiger partial charge in [0.05, 0.1) is 6.42 Å². The fourth-order valence-corrected chi connectivity index (χ4v) is 8.68. The van der Waals surface area contributed by atoms with E-state index in [0.717, 1.165) is 109 Å². The summed E-state index contributed by atoms with van der Waals surface area (Å²) in [5, 5.41) is 0. The van der Waals surface area contributed by atoms with E-state index in [4.69, 9.17) is 14.2 Å². The molecule has 1 atom stereocenters. The SMILES string of the molecule is CC/C=C\C/C=C\C/C=C\C/C=C\C/C=C\CC(=O)OC(COC(=O)CCCCCCC/C=C\C/C=C\CCC)COC(=O)CCCCCCCCCCCCCCCCCC/C=C\C/C=C\C/C=C\CCCCCCC. The summed E-state index contributed by atoms with van der Waals surface area (Å²) in [6, 6.07) is 0. The molecule has 0 rings (SSSR count). The number of hydrogen-bond donors (Lipinski definition) is 0. The predicted octanol–water partition coefficient (Wildman–Crippen LogP) is 22.0. The highest BCUT2D eigenvalue weighted by Gasteiger charge is 2.19. The Bertz CT molecular complexity index is 1600. The van der Waals surface area contributed by atoms with Crippen molar-refractivity contribution in [1.82, 2.24) is 0 Å². The molecule has 0 radical (unpaired) electrons. The van der Waals surface area contributed by atoms with Gasteiger partial charge in [-0.2, -0.15) is 0 Å². The van der Waals surface area contributed by atoms with Crippen LogP contribution in [0.15, 0.2) is 122 Å². The third kappa shape index (κ3) is 62.5. The quantitative estimate of drug-likeness (QED) is 0.0261. The molecule has 1 unspecified atom stereocenters. The molecule has 0 aliphatic heterocycles. The monoisotopic (exact) mass is 1070 g/mol. The van der Waals surface area contributed by atoms with Gasteiger partial charge in [0, 0.05) is 12.8 Å². The van der Waals surface area contributed by atoms with Gasteiger partial charge in [-0.1, -0.05) is 284 Å². The lowest BCUT2D eigenvalue weighted by molar-refractivity contribution is -0.166. The Balaban J connectivity index is 4.26. The zero-order valence-corrected chi connectivity index (χ0v) is 50.2. The highest BCUT2D eigenvalue weighted by atomic mass is 16.6. The van der Waals surface area contributed by atoms with E-state index in [-0.39, 0.29) is 31.6 Å². The normalized spacial score (nSPS) is 12.9. The van der Waals surface area contributed by atoms with Gasteiger partial charge in [-0.25, -0.2) is 0 Å². The van der Waals surface area contributed by atoms with Crippen LogP contribution in [0, 0.1) is 0 Å². The van der Waals surface area contributed by atoms with Gasteiger partial charge in [-0.15, -0.1) is 0 Å². The molecular weight excluding hydrogens is 949 g/mol. The lowest BCUT2D eigenvalue weighted by Gasteiger charge is -2.18. The Labute approximate surface area is 475 Å². The standard InChI is InChI=1S/C71H118O6/c1-4-7-10-13-16-19-22-25-27-28-29-30-31-32-33-34-35-36-37-38-39-40-41-42-44-46-49-52-55-58-61-64-70(73)76-67-68(66-75-69(72)63-60-57-54-51-48-45-24-21-18-15-12-9-6-3)77-71(74)65-62-59-56-53-50-47-43-26-23-20-17-14-11-8-5-2/h8,11-12,15,17,20-22,24-26,28-29,31-32,43,50,53,59,62,68H,4-7,9-10,13-14,16,18-19,23,27,30,33-42,44-49,51-52,54-58,60-61,63-67H2,1-3H3/b11-8-,15-12-,20-17-,24-21-,25-22-,29-28-,32-31-,43-26-,53-50-,62-59-. The molecule has 0 amide bonds. The second kappa shape index (κ2) is 64.3. The number of hydrogen-bond acceptors (Lipinski definition) is 6. The first kappa shape index (κ1) is 72.8. The maximum atomic E-state index is 12.8. The molecule has 0 saturated heterocycles. The van der Waals surface area contributed by atoms with Gasteiger partial charge in [0.25, 0.3) is 0 Å². The van der Waals surface area contributed by atoms with Crippen LogP contribution in [0.4, 0.5) is 0 Å². The van der Waals surface area contributed by atoms with Gasteiger partial charge in [0.1, 0.15) is 13.2 Å². The van der Waals surface area contributed by atoms with E-state index in [1.54, 1.807) is 6.08 Å². The molecule has 0 spiro atoms. The lowest BCUT2D eigenvalue weighted by atomic mass is 10.0. The van der Waals surface area contributed by atoms with Gasteiger partial charge in [0.2, 0.25) is 0 Å². The minimum absolute atomic E-state index is 0.0911. The molecule has 0 aliphatic carbocycles. The van der Waals surface area contributed by atoms with Crippen LogP contribution in [0.2, 0.25) is 0 Å². The molecule has 6 heteroatoms. The van der Waals surface area contributed by atoms with Crippen LogP contribution >= 0.6 is 0 Å². The van der Waals surface area contributed by atoms with Crippen molar-refractivity contribution >= 4 is 17.9 Å². The molecule has 0 aliphatic rings. The van der Waals surface area contributed by atoms with Crippen molar-refractivity contribution in [2.45, 2.75) is 297 Å². The van der Waals surface area contributed by atoms with Crippen molar-refractivity contribution in [3.63, 3.8) is 0 Å². The molecule has 0 aromatic heterocycles. The molecule has 0 bridgehead atoms. The molecule has 0 aromatic carbocycles. The second-order valence-corrected chi connectivity index (χ2v) is 20.9. The number of carbonyl (C=O) groups excluding carboxylic acids is 3. The Morgan fingerprint density at radius 3 is 0.909 bits per heavy atom. The molecule has 0 heterocycles. The molecule has 0 fully saturated rings. The molecular formula is C71H118O6. The summed E-state index contributed by atoms with van der Waals surface area (Å²) in [6.45, 7) is 6.36. The number of allylic oxidation sites excluding steroid dienone is 19. The van der Waals surface area contributed by atoms with Crippen LogP contribution in [-0.4, -0.2) is 37.2 Å². The maximum absolute atomic E-state index is 12.8. The molecule has 0 aromatic rings. The summed E-state index contributed by atoms with van der Waals surface area (Å²) in [7, 11) is 0. The van der Waals surface area contributed by atoms with E-state index in [9.17, 15) is 14.4 Å². The minimum atomic E-state index is -0.841. The van der Waals surface area contributed by atoms with Crippen LogP contribution in [0.1, 0.15) is 290 Å². The average molecular weight is 1070 g/mol. The van der Waals surface area contributed by atoms with Gasteiger partial charge >= 0.3 is 17.9 Å². The largest absolute Gasteiger partial charge is 0.462 e. The third-order valence-electron chi connectivity index (χ3n) is 13.4. The predicted molar refractivity (Wildman–Crippen MR) is 334 cm³/mol. The number of carbonyl (C=O) groups is 3. The van der Waals surface area contributed by atoms with E-state index in [2.05, 4.69) is 130 Å². The second-order valence-electron chi connectivity index (χ2n) is 20.9. The summed E-state index contributed by atoms with van der Waals surface area (Å²) in [5.74, 6) is -1.07. The first-order valence-corrected chi connectivity index (χ1v) is 32.0. The summed E-state index contributed by atoms with van der Waals surface area (Å²) < 4.78 is 16.8. The topological polar surface area (TPSA) is 78.9 Å². The van der Waals surface area contributed by atoms with Crippen LogP contribution in [0.5, 0.6) is 0 Å². The molecule has 438 valence electrons. The Morgan fingerprint density at radius 1 is 0.286 bits per heavy atom. The Morgan fingerprint density at radius 2 is 0.571 bits per heavy atom. The zero-order valence-electron chi connectivity index (χ0n) is 50.2. The van der Waals surface area contributed by atoms with Crippen LogP contribution < -0.4 is 0 Å². The number of esters is 3. The van der Waals surface area contributed by atoms with Gasteiger partial charge in [-0.3, -0.25) is 14.4 Å². The average Bonchev–Trinajstić information content (AvgIpc) is 3.43. The molecule has 6 nitrogen and oxygen atoms in total. The highest BCUT2D eigenvalue weighted by molar-refractivity contribution is 5.72. The van der Waals surface area contributed by atoms with E-state index in [1.807, 2.05) is 6.08 Å². The zero-order chi connectivity index (χ0) is 55.7. The van der Waals surface area contributed by atoms with Gasteiger partial charge in [-0.05, 0) is 109 Å². The summed E-state index contributed by atoms with van der Waals surface area (Å²) >= 11 is 0. The first-order chi connectivity index (χ1) is 38.0. The fraction of sp³-hybridized carbons (Fsp3) is 0.676. The van der Waals surface area contributed by atoms with Crippen LogP contribution in [0.25, 0.3) is 0 Å². The number of ether oxygens (including phenoxy) is 3. The Kier molecular flexibility index (Phi) is 60.8. The number of rotatable bonds is 57. The summed E-state index contributed by atoms with van der Waals surface area (Å²) in [6.07, 6.45) is 89.6. The smallest absolute Gasteiger partial charge is 0.310 e. The fourth-order valence-electron chi connectivity index (χ4n) is 8.68. The first-order valence-electron chi connectivity index (χ1n) is 32.0. The summed E-state index contributed by atoms with van der Waals surface area (Å²) in [5.41, 5.74) is 0. The summed E-state index contributed by atoms with van der Waals surface area (Å²) in [4.78, 5) is 38.1. The molecule has 0 saturated carbocycles. The minimum Gasteiger partial charge on any atom is -0.462 e. The van der Waals surface area contributed by atoms with Crippen LogP contribution in [-0.2, 0) is 28.6 Å². The van der Waals surface area contributed by atoms with Gasteiger partial charge in [0.15, 0.2) is 6.10 Å². The van der Waals surface area contributed by atoms with Crippen molar-refractivity contribution in [2.24, 2.45) is 0 Å². The highest BCUT2D eigenvalue weighted by Crippen LogP contribution is 2.16. The van der Waals surface area contributed by atoms with Crippen molar-refractivity contribution in [2.75, 3.05) is 13.2 Å². The van der Waals surface area contributed by atoms with E-state index in [0.29, 0.717) is 19.3 Å². The van der Waals surface area contributed by atoms with Crippen molar-refractivity contribution in [3.8, 4) is 0 Å². The van der Waals surface area contributed by atoms with E-state index < -0.39 is 12.1 Å². The van der Waals surface area contributed by atoms with Crippen LogP contribution in [0.3, 0.4) is 0 Å². The maximum Gasteiger partial charge on any atom is 0.310 e. The van der Waals surface area contributed by atoms with Crippen molar-refractivity contribution < 1.29 is 28.6 Å². The Hall–Kier alpha value is -4.19. The van der Waals surface area contributed by atoms with E-state index >= 15 is 0 Å². The molecule has 0 N–H and O–H groups in total. The lowest BCUT2D eigenvalue weighted by Crippen LogP contribution is -2.30. The van der Waals surface area contributed by atoms with Crippen molar-refractivity contribution in [1.29, 1.82) is 0 Å². The molecule has 77 heavy (non-hydrogen) atoms. The van der Waals surface area contributed by atoms with Gasteiger partial charge < -0.3 is 14.2 Å². The van der Waals surface area contributed by atoms with E-state index in [1.165, 1.54) is 135 Å². The third-order valence-corrected chi connectivity index (χ3v) is 13.4. The van der Waals surface area contributed by atoms with Crippen molar-refractivity contribution in [3.05, 3.63) is 122 Å².